The molecule has 3 N–H and O–H groups in total. The van der Waals surface area contributed by atoms with E-state index >= 15 is 0 Å². The summed E-state index contributed by atoms with van der Waals surface area (Å²) in [6.07, 6.45) is 2.46. The van der Waals surface area contributed by atoms with E-state index in [2.05, 4.69) is 0 Å². The molecule has 0 bridgehead atoms. The fourth-order valence-electron chi connectivity index (χ4n) is 3.73. The van der Waals surface area contributed by atoms with Crippen molar-refractivity contribution in [3.63, 3.8) is 0 Å². The summed E-state index contributed by atoms with van der Waals surface area (Å²) in [5.41, 5.74) is 6.47. The zero-order valence-electron chi connectivity index (χ0n) is 18.3. The summed E-state index contributed by atoms with van der Waals surface area (Å²) in [5, 5.41) is 10.3. The predicted molar refractivity (Wildman–Crippen MR) is 122 cm³/mol. The lowest BCUT2D eigenvalue weighted by Gasteiger charge is -2.33. The second-order valence-corrected chi connectivity index (χ2v) is 9.63. The van der Waals surface area contributed by atoms with Crippen LogP contribution in [-0.4, -0.2) is 46.9 Å². The van der Waals surface area contributed by atoms with Crippen LogP contribution in [0.4, 0.5) is 0 Å². The molecule has 174 valence electrons. The van der Waals surface area contributed by atoms with Gasteiger partial charge in [0, 0.05) is 18.1 Å². The molecule has 0 radical (unpaired) electrons. The minimum absolute atomic E-state index is 0.357. The number of hydrogen-bond donors (Lipinski definition) is 2. The lowest BCUT2D eigenvalue weighted by molar-refractivity contribution is -0.122. The van der Waals surface area contributed by atoms with Gasteiger partial charge in [-0.25, -0.2) is 0 Å². The Morgan fingerprint density at radius 3 is 2.31 bits per heavy atom. The molecule has 1 fully saturated rings. The number of rotatable bonds is 11. The van der Waals surface area contributed by atoms with Crippen LogP contribution >= 0.6 is 0 Å². The van der Waals surface area contributed by atoms with Crippen molar-refractivity contribution in [3.05, 3.63) is 54.1 Å². The van der Waals surface area contributed by atoms with E-state index < -0.39 is 27.6 Å². The molecule has 2 atom stereocenters. The van der Waals surface area contributed by atoms with Crippen molar-refractivity contribution in [2.45, 2.75) is 47.9 Å². The summed E-state index contributed by atoms with van der Waals surface area (Å²) < 4.78 is 28.2. The number of amides is 1. The number of benzene rings is 2. The number of carbonyl (C=O) groups is 1. The van der Waals surface area contributed by atoms with Crippen LogP contribution in [0.2, 0.25) is 0 Å². The number of methoxy groups -OCH3 is 1. The largest absolute Gasteiger partial charge is 0.497 e. The second kappa shape index (κ2) is 11.4. The van der Waals surface area contributed by atoms with Crippen molar-refractivity contribution in [2.75, 3.05) is 26.9 Å². The molecule has 1 aliphatic heterocycles. The van der Waals surface area contributed by atoms with E-state index in [1.165, 1.54) is 0 Å². The molecule has 2 unspecified atom stereocenters. The van der Waals surface area contributed by atoms with Crippen molar-refractivity contribution in [2.24, 2.45) is 5.73 Å². The molecule has 1 saturated heterocycles. The van der Waals surface area contributed by atoms with E-state index in [1.807, 2.05) is 24.3 Å². The molecular weight excluding hydrogens is 430 g/mol. The number of primary amides is 1. The normalized spacial score (nSPS) is 17.3. The average molecular weight is 462 g/mol. The lowest BCUT2D eigenvalue weighted by atomic mass is 9.98. The summed E-state index contributed by atoms with van der Waals surface area (Å²) in [6, 6.07) is 14.4. The number of unbranched alkanes of at least 4 members (excludes halogenated alkanes) is 1. The van der Waals surface area contributed by atoms with Gasteiger partial charge in [0.1, 0.15) is 16.2 Å². The van der Waals surface area contributed by atoms with Gasteiger partial charge in [-0.2, -0.15) is 0 Å². The van der Waals surface area contributed by atoms with E-state index in [0.29, 0.717) is 49.7 Å². The molecule has 2 aromatic rings. The van der Waals surface area contributed by atoms with Crippen LogP contribution in [0, 0.1) is 0 Å². The predicted octanol–water partition coefficient (Wildman–Crippen LogP) is 3.12. The maximum absolute atomic E-state index is 13.1. The summed E-state index contributed by atoms with van der Waals surface area (Å²) >= 11 is 0. The summed E-state index contributed by atoms with van der Waals surface area (Å²) in [6.45, 7) is 1.27. The third-order valence-corrected chi connectivity index (χ3v) is 7.80. The Bertz CT molecular complexity index is 894. The SMILES string of the molecule is COc1ccc(C(O)CCCCOc2ccc(S(=O)C3(C(N)=O)CCOCC3)cc2)cc1. The van der Waals surface area contributed by atoms with Gasteiger partial charge in [0.15, 0.2) is 0 Å². The number of nitrogens with two attached hydrogens (primary N) is 1. The van der Waals surface area contributed by atoms with Gasteiger partial charge in [0.25, 0.3) is 0 Å². The molecule has 1 aliphatic rings. The molecule has 7 nitrogen and oxygen atoms in total. The number of ether oxygens (including phenoxy) is 3. The third kappa shape index (κ3) is 5.88. The Kier molecular flexibility index (Phi) is 8.67. The van der Waals surface area contributed by atoms with Crippen molar-refractivity contribution in [1.82, 2.24) is 0 Å². The van der Waals surface area contributed by atoms with Crippen LogP contribution in [0.1, 0.15) is 43.8 Å². The molecule has 32 heavy (non-hydrogen) atoms. The van der Waals surface area contributed by atoms with Crippen LogP contribution in [-0.2, 0) is 20.3 Å². The fourth-order valence-corrected chi connectivity index (χ4v) is 5.29. The smallest absolute Gasteiger partial charge is 0.236 e. The summed E-state index contributed by atoms with van der Waals surface area (Å²) in [5.74, 6) is 0.889. The highest BCUT2D eigenvalue weighted by Crippen LogP contribution is 2.32. The lowest BCUT2D eigenvalue weighted by Crippen LogP contribution is -2.51. The van der Waals surface area contributed by atoms with Crippen molar-refractivity contribution >= 4 is 16.7 Å². The first-order valence-corrected chi connectivity index (χ1v) is 12.0. The van der Waals surface area contributed by atoms with Crippen LogP contribution in [0.5, 0.6) is 11.5 Å². The van der Waals surface area contributed by atoms with Crippen LogP contribution in [0.3, 0.4) is 0 Å². The summed E-state index contributed by atoms with van der Waals surface area (Å²) in [7, 11) is 0.0661. The highest BCUT2D eigenvalue weighted by molar-refractivity contribution is 7.87. The molecule has 0 aromatic heterocycles. The number of aliphatic hydroxyl groups is 1. The van der Waals surface area contributed by atoms with Gasteiger partial charge < -0.3 is 25.1 Å². The first kappa shape index (κ1) is 24.2. The maximum Gasteiger partial charge on any atom is 0.236 e. The zero-order valence-corrected chi connectivity index (χ0v) is 19.1. The Morgan fingerprint density at radius 2 is 1.72 bits per heavy atom. The molecular formula is C24H31NO6S. The first-order valence-electron chi connectivity index (χ1n) is 10.8. The van der Waals surface area contributed by atoms with Crippen LogP contribution in [0.15, 0.2) is 53.4 Å². The van der Waals surface area contributed by atoms with Gasteiger partial charge in [-0.05, 0) is 74.1 Å². The average Bonchev–Trinajstić information content (AvgIpc) is 2.84. The molecule has 1 amide bonds. The Balaban J connectivity index is 1.44. The number of hydrogen-bond acceptors (Lipinski definition) is 6. The maximum atomic E-state index is 13.1. The minimum Gasteiger partial charge on any atom is -0.497 e. The zero-order chi connectivity index (χ0) is 23.0. The van der Waals surface area contributed by atoms with Crippen molar-refractivity contribution < 1.29 is 28.3 Å². The fraction of sp³-hybridized carbons (Fsp3) is 0.458. The van der Waals surface area contributed by atoms with Gasteiger partial charge in [0.05, 0.1) is 30.6 Å². The molecule has 0 spiro atoms. The monoisotopic (exact) mass is 461 g/mol. The highest BCUT2D eigenvalue weighted by atomic mass is 32.2. The van der Waals surface area contributed by atoms with Gasteiger partial charge in [-0.3, -0.25) is 9.00 Å². The van der Waals surface area contributed by atoms with Crippen molar-refractivity contribution in [3.8, 4) is 11.5 Å². The van der Waals surface area contributed by atoms with Crippen LogP contribution < -0.4 is 15.2 Å². The van der Waals surface area contributed by atoms with Gasteiger partial charge in [-0.1, -0.05) is 12.1 Å². The topological polar surface area (TPSA) is 108 Å². The molecule has 0 saturated carbocycles. The second-order valence-electron chi connectivity index (χ2n) is 7.84. The molecule has 8 heteroatoms. The molecule has 3 rings (SSSR count). The van der Waals surface area contributed by atoms with E-state index in [4.69, 9.17) is 19.9 Å². The standard InChI is InChI=1S/C24H31NO6S/c1-29-19-7-5-18(6-8-19)22(26)4-2-3-15-31-20-9-11-21(12-10-20)32(28)24(23(25)27)13-16-30-17-14-24/h5-12,22,26H,2-4,13-17H2,1H3,(H2,25,27). The minimum atomic E-state index is -1.55. The highest BCUT2D eigenvalue weighted by Gasteiger charge is 2.45. The van der Waals surface area contributed by atoms with Crippen molar-refractivity contribution in [1.29, 1.82) is 0 Å². The Morgan fingerprint density at radius 1 is 1.09 bits per heavy atom. The van der Waals surface area contributed by atoms with E-state index in [9.17, 15) is 14.1 Å². The third-order valence-electron chi connectivity index (χ3n) is 5.78. The Hall–Kier alpha value is -2.42. The van der Waals surface area contributed by atoms with Gasteiger partial charge in [0.2, 0.25) is 5.91 Å². The Labute approximate surface area is 191 Å². The quantitative estimate of drug-likeness (QED) is 0.498. The van der Waals surface area contributed by atoms with E-state index in [0.717, 1.165) is 24.2 Å². The van der Waals surface area contributed by atoms with Crippen LogP contribution in [0.25, 0.3) is 0 Å². The summed E-state index contributed by atoms with van der Waals surface area (Å²) in [4.78, 5) is 12.6. The van der Waals surface area contributed by atoms with E-state index in [1.54, 1.807) is 31.4 Å². The number of aliphatic hydroxyl groups excluding tert-OH is 1. The first-order chi connectivity index (χ1) is 15.5. The molecule has 1 heterocycles. The van der Waals surface area contributed by atoms with Gasteiger partial charge >= 0.3 is 0 Å². The number of carbonyl (C=O) groups excluding carboxylic acids is 1. The van der Waals surface area contributed by atoms with Gasteiger partial charge in [-0.15, -0.1) is 0 Å². The molecule has 2 aromatic carbocycles. The molecule has 0 aliphatic carbocycles. The van der Waals surface area contributed by atoms with E-state index in [-0.39, 0.29) is 0 Å².